The molecule has 0 radical (unpaired) electrons. The molecule has 2 heterocycles. The Morgan fingerprint density at radius 2 is 2.24 bits per heavy atom. The molecule has 1 amide bonds. The molecule has 0 fully saturated rings. The first-order valence-corrected chi connectivity index (χ1v) is 7.60. The summed E-state index contributed by atoms with van der Waals surface area (Å²) in [7, 11) is 1.61. The van der Waals surface area contributed by atoms with Crippen molar-refractivity contribution in [3.8, 4) is 0 Å². The van der Waals surface area contributed by atoms with Crippen molar-refractivity contribution < 1.29 is 9.53 Å². The van der Waals surface area contributed by atoms with Gasteiger partial charge in [-0.25, -0.2) is 9.50 Å². The summed E-state index contributed by atoms with van der Waals surface area (Å²) in [6, 6.07) is 1.93. The summed E-state index contributed by atoms with van der Waals surface area (Å²) in [5.41, 5.74) is 1.87. The van der Waals surface area contributed by atoms with Gasteiger partial charge < -0.3 is 10.1 Å². The van der Waals surface area contributed by atoms with Crippen molar-refractivity contribution in [1.82, 2.24) is 24.9 Å². The Hall–Kier alpha value is -1.67. The quantitative estimate of drug-likeness (QED) is 0.801. The van der Waals surface area contributed by atoms with Crippen molar-refractivity contribution in [3.63, 3.8) is 0 Å². The van der Waals surface area contributed by atoms with Gasteiger partial charge in [-0.15, -0.1) is 5.10 Å². The average Bonchev–Trinajstić information content (AvgIpc) is 2.79. The maximum Gasteiger partial charge on any atom is 0.253 e. The molecule has 7 nitrogen and oxygen atoms in total. The second-order valence-electron chi connectivity index (χ2n) is 4.86. The molecule has 2 aromatic rings. The maximum atomic E-state index is 11.8. The van der Waals surface area contributed by atoms with Crippen molar-refractivity contribution in [2.75, 3.05) is 19.5 Å². The predicted octanol–water partition coefficient (Wildman–Crippen LogP) is 0.984. The first kappa shape index (κ1) is 15.7. The number of aromatic nitrogens is 4. The first-order valence-electron chi connectivity index (χ1n) is 6.61. The molecule has 0 aromatic carbocycles. The van der Waals surface area contributed by atoms with E-state index in [1.165, 1.54) is 11.8 Å². The number of hydrogen-bond donors (Lipinski definition) is 1. The third-order valence-electron chi connectivity index (χ3n) is 2.76. The van der Waals surface area contributed by atoms with Gasteiger partial charge in [0.05, 0.1) is 12.4 Å². The predicted molar refractivity (Wildman–Crippen MR) is 80.5 cm³/mol. The Morgan fingerprint density at radius 1 is 1.48 bits per heavy atom. The number of methoxy groups -OCH3 is 1. The largest absolute Gasteiger partial charge is 0.383 e. The van der Waals surface area contributed by atoms with E-state index in [0.29, 0.717) is 17.5 Å². The van der Waals surface area contributed by atoms with Crippen LogP contribution in [0, 0.1) is 13.8 Å². The number of aryl methyl sites for hydroxylation is 2. The monoisotopic (exact) mass is 309 g/mol. The number of fused-ring (bicyclic) bond motifs is 1. The summed E-state index contributed by atoms with van der Waals surface area (Å²) in [6.07, 6.45) is 0. The number of ether oxygens (including phenoxy) is 1. The standard InChI is InChI=1S/C13H19N5O2S/c1-8-5-10(3)18-12(15-8)16-13(17-18)21-7-11(19)14-9(2)6-20-4/h5,9H,6-7H2,1-4H3,(H,14,19)/t9-/m1/s1. The Labute approximate surface area is 127 Å². The smallest absolute Gasteiger partial charge is 0.253 e. The molecule has 1 N–H and O–H groups in total. The Morgan fingerprint density at radius 3 is 2.95 bits per heavy atom. The normalized spacial score (nSPS) is 12.6. The maximum absolute atomic E-state index is 11.8. The molecule has 0 unspecified atom stereocenters. The van der Waals surface area contributed by atoms with Gasteiger partial charge in [-0.05, 0) is 26.8 Å². The zero-order valence-corrected chi connectivity index (χ0v) is 13.4. The van der Waals surface area contributed by atoms with Crippen LogP contribution in [0.25, 0.3) is 5.78 Å². The molecule has 1 atom stereocenters. The molecule has 2 aromatic heterocycles. The number of amides is 1. The zero-order chi connectivity index (χ0) is 15.4. The fourth-order valence-corrected chi connectivity index (χ4v) is 2.58. The van der Waals surface area contributed by atoms with Crippen LogP contribution in [0.5, 0.6) is 0 Å². The number of rotatable bonds is 6. The van der Waals surface area contributed by atoms with Crippen molar-refractivity contribution in [2.24, 2.45) is 0 Å². The van der Waals surface area contributed by atoms with Crippen LogP contribution in [-0.2, 0) is 9.53 Å². The second-order valence-corrected chi connectivity index (χ2v) is 5.80. The van der Waals surface area contributed by atoms with Gasteiger partial charge in [-0.2, -0.15) is 4.98 Å². The van der Waals surface area contributed by atoms with Crippen LogP contribution in [-0.4, -0.2) is 51.0 Å². The number of thioether (sulfide) groups is 1. The van der Waals surface area contributed by atoms with Crippen LogP contribution in [0.2, 0.25) is 0 Å². The fourth-order valence-electron chi connectivity index (χ4n) is 1.95. The lowest BCUT2D eigenvalue weighted by atomic mass is 10.3. The van der Waals surface area contributed by atoms with Crippen LogP contribution >= 0.6 is 11.8 Å². The van der Waals surface area contributed by atoms with Gasteiger partial charge in [0.25, 0.3) is 5.78 Å². The highest BCUT2D eigenvalue weighted by atomic mass is 32.2. The molecule has 0 spiro atoms. The molecule has 0 saturated carbocycles. The van der Waals surface area contributed by atoms with Gasteiger partial charge in [-0.1, -0.05) is 11.8 Å². The van der Waals surface area contributed by atoms with Gasteiger partial charge >= 0.3 is 0 Å². The number of carbonyl (C=O) groups is 1. The molecule has 0 aliphatic rings. The Bertz CT molecular complexity index is 643. The molecule has 0 bridgehead atoms. The van der Waals surface area contributed by atoms with Gasteiger partial charge in [-0.3, -0.25) is 4.79 Å². The second kappa shape index (κ2) is 6.86. The van der Waals surface area contributed by atoms with Crippen LogP contribution < -0.4 is 5.32 Å². The lowest BCUT2D eigenvalue weighted by Crippen LogP contribution is -2.36. The van der Waals surface area contributed by atoms with E-state index in [9.17, 15) is 4.79 Å². The van der Waals surface area contributed by atoms with E-state index in [1.54, 1.807) is 11.6 Å². The van der Waals surface area contributed by atoms with E-state index in [-0.39, 0.29) is 17.7 Å². The van der Waals surface area contributed by atoms with E-state index >= 15 is 0 Å². The summed E-state index contributed by atoms with van der Waals surface area (Å²) in [4.78, 5) is 20.4. The summed E-state index contributed by atoms with van der Waals surface area (Å²) < 4.78 is 6.66. The number of nitrogens with one attached hydrogen (secondary N) is 1. The topological polar surface area (TPSA) is 81.4 Å². The molecule has 114 valence electrons. The highest BCUT2D eigenvalue weighted by Gasteiger charge is 2.12. The summed E-state index contributed by atoms with van der Waals surface area (Å²) in [5, 5.41) is 7.73. The van der Waals surface area contributed by atoms with Crippen molar-refractivity contribution in [3.05, 3.63) is 17.5 Å². The minimum Gasteiger partial charge on any atom is -0.383 e. The fraction of sp³-hybridized carbons (Fsp3) is 0.538. The van der Waals surface area contributed by atoms with Gasteiger partial charge in [0.2, 0.25) is 11.1 Å². The number of hydrogen-bond acceptors (Lipinski definition) is 6. The number of carbonyl (C=O) groups excluding carboxylic acids is 1. The summed E-state index contributed by atoms with van der Waals surface area (Å²) in [5.74, 6) is 0.760. The highest BCUT2D eigenvalue weighted by Crippen LogP contribution is 2.15. The van der Waals surface area contributed by atoms with Gasteiger partial charge in [0.15, 0.2) is 0 Å². The minimum atomic E-state index is -0.0655. The van der Waals surface area contributed by atoms with E-state index in [1.807, 2.05) is 26.8 Å². The van der Waals surface area contributed by atoms with Crippen molar-refractivity contribution in [1.29, 1.82) is 0 Å². The van der Waals surface area contributed by atoms with E-state index < -0.39 is 0 Å². The molecular formula is C13H19N5O2S. The first-order chi connectivity index (χ1) is 9.99. The van der Waals surface area contributed by atoms with Crippen molar-refractivity contribution in [2.45, 2.75) is 32.0 Å². The Kier molecular flexibility index (Phi) is 5.13. The summed E-state index contributed by atoms with van der Waals surface area (Å²) >= 11 is 1.29. The van der Waals surface area contributed by atoms with E-state index in [0.717, 1.165) is 11.4 Å². The third-order valence-corrected chi connectivity index (χ3v) is 3.59. The SMILES string of the molecule is COC[C@@H](C)NC(=O)CSc1nc2nc(C)cc(C)n2n1. The van der Waals surface area contributed by atoms with Gasteiger partial charge in [0, 0.05) is 24.5 Å². The molecule has 2 rings (SSSR count). The number of nitrogens with zero attached hydrogens (tertiary/aromatic N) is 4. The molecule has 0 aliphatic carbocycles. The van der Waals surface area contributed by atoms with E-state index in [4.69, 9.17) is 4.74 Å². The summed E-state index contributed by atoms with van der Waals surface area (Å²) in [6.45, 7) is 6.25. The van der Waals surface area contributed by atoms with Gasteiger partial charge in [0.1, 0.15) is 0 Å². The minimum absolute atomic E-state index is 0.0105. The highest BCUT2D eigenvalue weighted by molar-refractivity contribution is 7.99. The molecule has 21 heavy (non-hydrogen) atoms. The molecule has 0 aliphatic heterocycles. The van der Waals surface area contributed by atoms with Crippen molar-refractivity contribution >= 4 is 23.4 Å². The molecule has 0 saturated heterocycles. The third kappa shape index (κ3) is 4.15. The van der Waals surface area contributed by atoms with Crippen LogP contribution in [0.15, 0.2) is 11.2 Å². The lowest BCUT2D eigenvalue weighted by Gasteiger charge is -2.11. The average molecular weight is 309 g/mol. The molecular weight excluding hydrogens is 290 g/mol. The van der Waals surface area contributed by atoms with E-state index in [2.05, 4.69) is 20.4 Å². The van der Waals surface area contributed by atoms with Crippen LogP contribution in [0.4, 0.5) is 0 Å². The van der Waals surface area contributed by atoms with Crippen LogP contribution in [0.3, 0.4) is 0 Å². The zero-order valence-electron chi connectivity index (χ0n) is 12.6. The molecule has 8 heteroatoms. The Balaban J connectivity index is 1.97. The lowest BCUT2D eigenvalue weighted by molar-refractivity contribution is -0.119. The van der Waals surface area contributed by atoms with Crippen LogP contribution in [0.1, 0.15) is 18.3 Å².